The minimum Gasteiger partial charge on any atom is -0.490 e. The molecule has 7 heteroatoms. The summed E-state index contributed by atoms with van der Waals surface area (Å²) in [4.78, 5) is 42.9. The summed E-state index contributed by atoms with van der Waals surface area (Å²) < 4.78 is 12.0. The van der Waals surface area contributed by atoms with E-state index in [0.29, 0.717) is 37.5 Å². The van der Waals surface area contributed by atoms with Crippen molar-refractivity contribution in [1.82, 2.24) is 4.90 Å². The number of rotatable bonds is 8. The van der Waals surface area contributed by atoms with Gasteiger partial charge in [-0.15, -0.1) is 0 Å². The summed E-state index contributed by atoms with van der Waals surface area (Å²) in [7, 11) is 0. The van der Waals surface area contributed by atoms with Gasteiger partial charge < -0.3 is 19.7 Å². The molecule has 0 atom stereocenters. The minimum atomic E-state index is -0.462. The Labute approximate surface area is 261 Å². The molecule has 44 heavy (non-hydrogen) atoms. The number of hydrogen-bond acceptors (Lipinski definition) is 6. The molecule has 0 saturated carbocycles. The molecule has 2 aromatic rings. The molecule has 0 aromatic heterocycles. The quantitative estimate of drug-likeness (QED) is 0.340. The lowest BCUT2D eigenvalue weighted by molar-refractivity contribution is -0.120. The van der Waals surface area contributed by atoms with Gasteiger partial charge in [0.1, 0.15) is 0 Å². The summed E-state index contributed by atoms with van der Waals surface area (Å²) in [5.41, 5.74) is 6.93. The van der Waals surface area contributed by atoms with Gasteiger partial charge >= 0.3 is 0 Å². The Kier molecular flexibility index (Phi) is 8.54. The van der Waals surface area contributed by atoms with Gasteiger partial charge in [0.05, 0.1) is 6.61 Å². The fourth-order valence-electron chi connectivity index (χ4n) is 7.14. The first-order valence-electron chi connectivity index (χ1n) is 15.8. The molecule has 234 valence electrons. The van der Waals surface area contributed by atoms with Crippen LogP contribution in [-0.2, 0) is 14.4 Å². The molecule has 7 nitrogen and oxygen atoms in total. The Balaban J connectivity index is 1.52. The maximum Gasteiger partial charge on any atom is 0.262 e. The lowest BCUT2D eigenvalue weighted by Crippen LogP contribution is -2.44. The van der Waals surface area contributed by atoms with Crippen molar-refractivity contribution in [3.05, 3.63) is 75.6 Å². The fourth-order valence-corrected chi connectivity index (χ4v) is 7.14. The van der Waals surface area contributed by atoms with Crippen LogP contribution in [0.3, 0.4) is 0 Å². The predicted octanol–water partition coefficient (Wildman–Crippen LogP) is 7.43. The number of nitrogens with zero attached hydrogens (tertiary/aromatic N) is 1. The number of Topliss-reactive ketones (excluding diaryl/α,β-unsaturated/α-hetero) is 2. The average Bonchev–Trinajstić information content (AvgIpc) is 2.91. The Bertz CT molecular complexity index is 1520. The smallest absolute Gasteiger partial charge is 0.262 e. The zero-order valence-electron chi connectivity index (χ0n) is 27.5. The lowest BCUT2D eigenvalue weighted by atomic mass is 9.63. The van der Waals surface area contributed by atoms with Crippen LogP contribution in [0, 0.1) is 24.7 Å². The van der Waals surface area contributed by atoms with Crippen LogP contribution in [0.4, 0.5) is 5.69 Å². The minimum absolute atomic E-state index is 0.102. The monoisotopic (exact) mass is 598 g/mol. The van der Waals surface area contributed by atoms with E-state index in [1.165, 1.54) is 0 Å². The van der Waals surface area contributed by atoms with Gasteiger partial charge in [0.2, 0.25) is 0 Å². The second-order valence-electron chi connectivity index (χ2n) is 14.1. The molecule has 0 fully saturated rings. The number of hydrogen-bond donors (Lipinski definition) is 1. The van der Waals surface area contributed by atoms with E-state index in [1.54, 1.807) is 6.07 Å². The number of ketones is 2. The molecular formula is C37H46N2O5. The molecule has 0 bridgehead atoms. The van der Waals surface area contributed by atoms with E-state index >= 15 is 0 Å². The van der Waals surface area contributed by atoms with Crippen LogP contribution in [0.1, 0.15) is 89.8 Å². The molecule has 2 aliphatic carbocycles. The first-order chi connectivity index (χ1) is 20.7. The van der Waals surface area contributed by atoms with Crippen LogP contribution in [0.15, 0.2) is 58.9 Å². The number of anilines is 1. The normalized spacial score (nSPS) is 19.5. The molecule has 0 unspecified atom stereocenters. The molecule has 3 aliphatic rings. The molecule has 1 aliphatic heterocycles. The third-order valence-electron chi connectivity index (χ3n) is 8.95. The maximum absolute atomic E-state index is 13.9. The van der Waals surface area contributed by atoms with Gasteiger partial charge in [-0.05, 0) is 80.7 Å². The summed E-state index contributed by atoms with van der Waals surface area (Å²) in [6, 6.07) is 11.5. The van der Waals surface area contributed by atoms with E-state index in [4.69, 9.17) is 9.47 Å². The summed E-state index contributed by atoms with van der Waals surface area (Å²) in [5.74, 6) is 0.393. The van der Waals surface area contributed by atoms with E-state index < -0.39 is 5.92 Å². The first-order valence-corrected chi connectivity index (χ1v) is 15.8. The van der Waals surface area contributed by atoms with Crippen LogP contribution < -0.4 is 14.8 Å². The van der Waals surface area contributed by atoms with Gasteiger partial charge in [0, 0.05) is 53.5 Å². The number of benzene rings is 2. The molecule has 2 aromatic carbocycles. The van der Waals surface area contributed by atoms with Crippen molar-refractivity contribution in [1.29, 1.82) is 0 Å². The highest BCUT2D eigenvalue weighted by atomic mass is 16.5. The standard InChI is InChI=1S/C37H46N2O5/c1-9-39-26-17-36(5,6)19-28(40)34(26)33(35-27(39)18-37(7,8)20-29(35)41)24-12-14-30(31(16-24)43-10-2)44-21-32(42)38-25-13-11-22(3)15-23(25)4/h11-16,33H,9-10,17-21H2,1-8H3,(H,38,42). The zero-order valence-corrected chi connectivity index (χ0v) is 27.5. The number of allylic oxidation sites excluding steroid dienone is 4. The van der Waals surface area contributed by atoms with Crippen molar-refractivity contribution in [2.24, 2.45) is 10.8 Å². The van der Waals surface area contributed by atoms with Crippen LogP contribution >= 0.6 is 0 Å². The van der Waals surface area contributed by atoms with Crippen molar-refractivity contribution in [3.8, 4) is 11.5 Å². The topological polar surface area (TPSA) is 84.9 Å². The van der Waals surface area contributed by atoms with Gasteiger partial charge in [-0.2, -0.15) is 0 Å². The van der Waals surface area contributed by atoms with Crippen molar-refractivity contribution in [2.45, 2.75) is 87.0 Å². The fraction of sp³-hybridized carbons (Fsp3) is 0.486. The van der Waals surface area contributed by atoms with E-state index in [1.807, 2.05) is 51.1 Å². The number of ether oxygens (including phenoxy) is 2. The highest BCUT2D eigenvalue weighted by molar-refractivity contribution is 6.07. The maximum atomic E-state index is 13.9. The highest BCUT2D eigenvalue weighted by Crippen LogP contribution is 2.54. The highest BCUT2D eigenvalue weighted by Gasteiger charge is 2.48. The number of nitrogens with one attached hydrogen (secondary N) is 1. The Morgan fingerprint density at radius 2 is 1.45 bits per heavy atom. The van der Waals surface area contributed by atoms with E-state index in [9.17, 15) is 14.4 Å². The van der Waals surface area contributed by atoms with E-state index in [0.717, 1.165) is 57.8 Å². The molecule has 1 heterocycles. The van der Waals surface area contributed by atoms with E-state index in [-0.39, 0.29) is 34.9 Å². The third-order valence-corrected chi connectivity index (χ3v) is 8.95. The van der Waals surface area contributed by atoms with Gasteiger partial charge in [0.25, 0.3) is 5.91 Å². The molecule has 0 radical (unpaired) electrons. The summed E-state index contributed by atoms with van der Waals surface area (Å²) in [6.07, 6.45) is 2.44. The predicted molar refractivity (Wildman–Crippen MR) is 173 cm³/mol. The third kappa shape index (κ3) is 6.19. The second kappa shape index (κ2) is 11.9. The van der Waals surface area contributed by atoms with Gasteiger partial charge in [-0.1, -0.05) is 51.5 Å². The zero-order chi connectivity index (χ0) is 32.0. The molecule has 5 rings (SSSR count). The Hall–Kier alpha value is -3.87. The molecule has 0 spiro atoms. The van der Waals surface area contributed by atoms with Crippen LogP contribution in [0.25, 0.3) is 0 Å². The van der Waals surface area contributed by atoms with Crippen LogP contribution in [0.5, 0.6) is 11.5 Å². The number of aryl methyl sites for hydroxylation is 2. The number of carbonyl (C=O) groups excluding carboxylic acids is 3. The van der Waals surface area contributed by atoms with Crippen molar-refractivity contribution in [2.75, 3.05) is 25.1 Å². The SMILES string of the molecule is CCOc1cc(C2C3=C(CC(C)(C)CC3=O)N(CC)C3=C2C(=O)CC(C)(C)C3)ccc1OCC(=O)Nc1ccc(C)cc1C. The Morgan fingerprint density at radius 3 is 2.00 bits per heavy atom. The van der Waals surface area contributed by atoms with Crippen LogP contribution in [-0.4, -0.2) is 42.1 Å². The summed E-state index contributed by atoms with van der Waals surface area (Å²) >= 11 is 0. The number of amides is 1. The average molecular weight is 599 g/mol. The summed E-state index contributed by atoms with van der Waals surface area (Å²) in [6.45, 7) is 17.5. The van der Waals surface area contributed by atoms with Crippen LogP contribution in [0.2, 0.25) is 0 Å². The summed E-state index contributed by atoms with van der Waals surface area (Å²) in [5, 5.41) is 2.92. The van der Waals surface area contributed by atoms with Gasteiger partial charge in [-0.25, -0.2) is 0 Å². The lowest BCUT2D eigenvalue weighted by Gasteiger charge is -2.48. The second-order valence-corrected chi connectivity index (χ2v) is 14.1. The number of carbonyl (C=O) groups is 3. The van der Waals surface area contributed by atoms with Crippen molar-refractivity contribution in [3.63, 3.8) is 0 Å². The first kappa shape index (κ1) is 31.6. The van der Waals surface area contributed by atoms with Crippen molar-refractivity contribution >= 4 is 23.2 Å². The largest absolute Gasteiger partial charge is 0.490 e. The van der Waals surface area contributed by atoms with Gasteiger partial charge in [0.15, 0.2) is 29.7 Å². The van der Waals surface area contributed by atoms with Gasteiger partial charge in [-0.3, -0.25) is 14.4 Å². The Morgan fingerprint density at radius 1 is 0.841 bits per heavy atom. The molecule has 1 N–H and O–H groups in total. The molecular weight excluding hydrogens is 552 g/mol. The molecule has 0 saturated heterocycles. The molecule has 1 amide bonds. The van der Waals surface area contributed by atoms with Crippen molar-refractivity contribution < 1.29 is 23.9 Å². The van der Waals surface area contributed by atoms with E-state index in [2.05, 4.69) is 44.8 Å².